The number of nitrogens with one attached hydrogen (secondary N) is 1. The van der Waals surface area contributed by atoms with Crippen molar-refractivity contribution in [3.05, 3.63) is 46.7 Å². The van der Waals surface area contributed by atoms with E-state index < -0.39 is 11.9 Å². The summed E-state index contributed by atoms with van der Waals surface area (Å²) in [7, 11) is 0. The van der Waals surface area contributed by atoms with Gasteiger partial charge in [-0.05, 0) is 24.3 Å². The van der Waals surface area contributed by atoms with Crippen LogP contribution in [0.25, 0.3) is 0 Å². The number of nitrogens with zero attached hydrogens (tertiary/aromatic N) is 2. The van der Waals surface area contributed by atoms with Gasteiger partial charge in [0.1, 0.15) is 11.3 Å². The molecule has 0 aliphatic carbocycles. The Morgan fingerprint density at radius 1 is 1.29 bits per heavy atom. The van der Waals surface area contributed by atoms with Gasteiger partial charge in [-0.2, -0.15) is 0 Å². The minimum absolute atomic E-state index is 0.0341. The van der Waals surface area contributed by atoms with E-state index in [1.54, 1.807) is 12.1 Å². The molecule has 8 heteroatoms. The molecule has 2 rings (SSSR count). The number of carbonyl (C=O) groups is 2. The zero-order valence-corrected chi connectivity index (χ0v) is 12.2. The standard InChI is InChI=1S/C13H10BrN3O4/c14-8-2-3-10(9(6-8)12(19)20)21-7-11(18)17-13-15-4-1-5-16-13/h1-6H,7H2,(H,19,20)(H,15,16,17,18). The Morgan fingerprint density at radius 2 is 2.00 bits per heavy atom. The van der Waals surface area contributed by atoms with E-state index in [2.05, 4.69) is 31.2 Å². The van der Waals surface area contributed by atoms with E-state index in [0.717, 1.165) is 0 Å². The van der Waals surface area contributed by atoms with Crippen LogP contribution in [0, 0.1) is 0 Å². The molecule has 1 heterocycles. The molecule has 0 atom stereocenters. The van der Waals surface area contributed by atoms with Crippen molar-refractivity contribution in [3.63, 3.8) is 0 Å². The van der Waals surface area contributed by atoms with Gasteiger partial charge in [0, 0.05) is 16.9 Å². The number of amides is 1. The normalized spacial score (nSPS) is 9.95. The number of hydrogen-bond donors (Lipinski definition) is 2. The van der Waals surface area contributed by atoms with Crippen molar-refractivity contribution in [2.24, 2.45) is 0 Å². The minimum atomic E-state index is -1.14. The van der Waals surface area contributed by atoms with Gasteiger partial charge in [0.15, 0.2) is 6.61 Å². The third-order valence-corrected chi connectivity index (χ3v) is 2.84. The summed E-state index contributed by atoms with van der Waals surface area (Å²) in [6.45, 7) is -0.347. The van der Waals surface area contributed by atoms with Gasteiger partial charge in [0.25, 0.3) is 5.91 Å². The molecule has 21 heavy (non-hydrogen) atoms. The average Bonchev–Trinajstić information content (AvgIpc) is 2.47. The number of anilines is 1. The van der Waals surface area contributed by atoms with E-state index in [1.807, 2.05) is 0 Å². The summed E-state index contributed by atoms with van der Waals surface area (Å²) in [6, 6.07) is 6.11. The maximum absolute atomic E-state index is 11.7. The quantitative estimate of drug-likeness (QED) is 0.853. The first-order valence-electron chi connectivity index (χ1n) is 5.79. The summed E-state index contributed by atoms with van der Waals surface area (Å²) < 4.78 is 5.82. The van der Waals surface area contributed by atoms with Gasteiger partial charge in [-0.25, -0.2) is 14.8 Å². The van der Waals surface area contributed by atoms with Crippen molar-refractivity contribution in [2.75, 3.05) is 11.9 Å². The van der Waals surface area contributed by atoms with Crippen LogP contribution >= 0.6 is 15.9 Å². The first-order chi connectivity index (χ1) is 10.1. The summed E-state index contributed by atoms with van der Waals surface area (Å²) in [4.78, 5) is 30.4. The largest absolute Gasteiger partial charge is 0.483 e. The number of halogens is 1. The van der Waals surface area contributed by atoms with E-state index >= 15 is 0 Å². The first kappa shape index (κ1) is 14.9. The molecule has 0 unspecified atom stereocenters. The molecule has 0 aliphatic heterocycles. The predicted octanol–water partition coefficient (Wildman–Crippen LogP) is 1.95. The van der Waals surface area contributed by atoms with Gasteiger partial charge >= 0.3 is 5.97 Å². The van der Waals surface area contributed by atoms with Crippen molar-refractivity contribution in [3.8, 4) is 5.75 Å². The second-order valence-corrected chi connectivity index (χ2v) is 4.77. The highest BCUT2D eigenvalue weighted by atomic mass is 79.9. The SMILES string of the molecule is O=C(COc1ccc(Br)cc1C(=O)O)Nc1ncccn1. The fourth-order valence-electron chi connectivity index (χ4n) is 1.46. The molecule has 1 aromatic carbocycles. The fraction of sp³-hybridized carbons (Fsp3) is 0.0769. The van der Waals surface area contributed by atoms with Crippen LogP contribution < -0.4 is 10.1 Å². The fourth-order valence-corrected chi connectivity index (χ4v) is 1.82. The van der Waals surface area contributed by atoms with E-state index in [9.17, 15) is 9.59 Å². The monoisotopic (exact) mass is 351 g/mol. The summed E-state index contributed by atoms with van der Waals surface area (Å²) in [5.41, 5.74) is -0.0341. The van der Waals surface area contributed by atoms with Gasteiger partial charge < -0.3 is 9.84 Å². The van der Waals surface area contributed by atoms with E-state index in [-0.39, 0.29) is 23.9 Å². The van der Waals surface area contributed by atoms with Gasteiger partial charge in [-0.15, -0.1) is 0 Å². The smallest absolute Gasteiger partial charge is 0.339 e. The minimum Gasteiger partial charge on any atom is -0.483 e. The molecule has 1 amide bonds. The highest BCUT2D eigenvalue weighted by Gasteiger charge is 2.13. The zero-order chi connectivity index (χ0) is 15.2. The third kappa shape index (κ3) is 4.25. The number of carbonyl (C=O) groups excluding carboxylic acids is 1. The van der Waals surface area contributed by atoms with E-state index in [1.165, 1.54) is 24.5 Å². The molecule has 7 nitrogen and oxygen atoms in total. The van der Waals surface area contributed by atoms with Crippen LogP contribution in [-0.2, 0) is 4.79 Å². The molecule has 108 valence electrons. The second kappa shape index (κ2) is 6.80. The molecule has 1 aromatic heterocycles. The van der Waals surface area contributed by atoms with E-state index in [4.69, 9.17) is 9.84 Å². The summed E-state index contributed by atoms with van der Waals surface area (Å²) >= 11 is 3.17. The average molecular weight is 352 g/mol. The van der Waals surface area contributed by atoms with Crippen molar-refractivity contribution >= 4 is 33.8 Å². The summed E-state index contributed by atoms with van der Waals surface area (Å²) in [5.74, 6) is -1.37. The van der Waals surface area contributed by atoms with Crippen LogP contribution in [0.4, 0.5) is 5.95 Å². The lowest BCUT2D eigenvalue weighted by Crippen LogP contribution is -2.22. The van der Waals surface area contributed by atoms with Crippen molar-refractivity contribution in [1.29, 1.82) is 0 Å². The molecule has 0 aliphatic rings. The number of aromatic carboxylic acids is 1. The summed E-state index contributed by atoms with van der Waals surface area (Å²) in [6.07, 6.45) is 2.97. The number of benzene rings is 1. The molecule has 2 aromatic rings. The van der Waals surface area contributed by atoms with Crippen molar-refractivity contribution in [1.82, 2.24) is 9.97 Å². The van der Waals surface area contributed by atoms with Gasteiger partial charge in [0.2, 0.25) is 5.95 Å². The van der Waals surface area contributed by atoms with Crippen LogP contribution in [0.1, 0.15) is 10.4 Å². The Labute approximate surface area is 128 Å². The molecule has 0 saturated carbocycles. The molecule has 0 radical (unpaired) electrons. The number of carboxylic acids is 1. The lowest BCUT2D eigenvalue weighted by Gasteiger charge is -2.09. The molecule has 0 spiro atoms. The van der Waals surface area contributed by atoms with Crippen LogP contribution in [0.15, 0.2) is 41.1 Å². The third-order valence-electron chi connectivity index (χ3n) is 2.35. The van der Waals surface area contributed by atoms with Crippen molar-refractivity contribution < 1.29 is 19.4 Å². The number of aromatic nitrogens is 2. The maximum Gasteiger partial charge on any atom is 0.339 e. The Bertz CT molecular complexity index is 664. The topological polar surface area (TPSA) is 101 Å². The van der Waals surface area contributed by atoms with Crippen molar-refractivity contribution in [2.45, 2.75) is 0 Å². The maximum atomic E-state index is 11.7. The predicted molar refractivity (Wildman–Crippen MR) is 77.3 cm³/mol. The lowest BCUT2D eigenvalue weighted by atomic mass is 10.2. The van der Waals surface area contributed by atoms with Crippen LogP contribution in [0.3, 0.4) is 0 Å². The summed E-state index contributed by atoms with van der Waals surface area (Å²) in [5, 5.41) is 11.5. The molecular formula is C13H10BrN3O4. The van der Waals surface area contributed by atoms with Gasteiger partial charge in [-0.3, -0.25) is 10.1 Å². The molecule has 2 N–H and O–H groups in total. The Kier molecular flexibility index (Phi) is 4.83. The number of carboxylic acid groups (broad SMARTS) is 1. The number of ether oxygens (including phenoxy) is 1. The second-order valence-electron chi connectivity index (χ2n) is 3.85. The number of rotatable bonds is 5. The molecule has 0 fully saturated rings. The van der Waals surface area contributed by atoms with Crippen LogP contribution in [0.2, 0.25) is 0 Å². The molecular weight excluding hydrogens is 342 g/mol. The first-order valence-corrected chi connectivity index (χ1v) is 6.58. The Hall–Kier alpha value is -2.48. The van der Waals surface area contributed by atoms with E-state index in [0.29, 0.717) is 4.47 Å². The van der Waals surface area contributed by atoms with Gasteiger partial charge in [-0.1, -0.05) is 15.9 Å². The Balaban J connectivity index is 2.00. The van der Waals surface area contributed by atoms with Gasteiger partial charge in [0.05, 0.1) is 0 Å². The number of hydrogen-bond acceptors (Lipinski definition) is 5. The highest BCUT2D eigenvalue weighted by Crippen LogP contribution is 2.23. The molecule has 0 bridgehead atoms. The highest BCUT2D eigenvalue weighted by molar-refractivity contribution is 9.10. The van der Waals surface area contributed by atoms with Crippen LogP contribution in [-0.4, -0.2) is 33.6 Å². The molecule has 0 saturated heterocycles. The van der Waals surface area contributed by atoms with Crippen LogP contribution in [0.5, 0.6) is 5.75 Å². The lowest BCUT2D eigenvalue weighted by molar-refractivity contribution is -0.118. The Morgan fingerprint density at radius 3 is 2.67 bits per heavy atom. The zero-order valence-electron chi connectivity index (χ0n) is 10.6.